The van der Waals surface area contributed by atoms with Crippen LogP contribution >= 0.6 is 0 Å². The third-order valence-corrected chi connectivity index (χ3v) is 8.09. The normalized spacial score (nSPS) is 27.6. The number of carbonyl (C=O) groups excluding carboxylic acids is 5. The van der Waals surface area contributed by atoms with Gasteiger partial charge in [0, 0.05) is 39.0 Å². The Kier molecular flexibility index (Phi) is 9.37. The molecule has 14 heteroatoms. The van der Waals surface area contributed by atoms with Gasteiger partial charge in [0.05, 0.1) is 13.0 Å². The van der Waals surface area contributed by atoms with Crippen LogP contribution in [0.25, 0.3) is 5.57 Å². The molecule has 3 heterocycles. The number of aliphatic hydroxyl groups excluding tert-OH is 2. The number of aliphatic hydroxyl groups is 2. The van der Waals surface area contributed by atoms with E-state index in [1.54, 1.807) is 37.3 Å². The van der Waals surface area contributed by atoms with E-state index in [2.05, 4.69) is 0 Å². The zero-order chi connectivity index (χ0) is 34.7. The van der Waals surface area contributed by atoms with Gasteiger partial charge in [0.25, 0.3) is 29.3 Å². The van der Waals surface area contributed by atoms with Crippen molar-refractivity contribution in [3.05, 3.63) is 88.8 Å². The van der Waals surface area contributed by atoms with Crippen molar-refractivity contribution in [3.63, 3.8) is 0 Å². The number of cyclic esters (lactones) is 1. The fourth-order valence-electron chi connectivity index (χ4n) is 5.36. The molecular formula is C34H34O14. The molecule has 0 aromatic heterocycles. The topological polar surface area (TPSA) is 190 Å². The van der Waals surface area contributed by atoms with Crippen LogP contribution in [-0.4, -0.2) is 64.0 Å². The highest BCUT2D eigenvalue weighted by Gasteiger charge is 2.55. The van der Waals surface area contributed by atoms with Crippen molar-refractivity contribution in [3.8, 4) is 0 Å². The molecule has 3 aliphatic heterocycles. The number of carbonyl (C=O) groups is 5. The van der Waals surface area contributed by atoms with Gasteiger partial charge in [0.1, 0.15) is 16.7 Å². The second-order valence-corrected chi connectivity index (χ2v) is 11.6. The zero-order valence-corrected chi connectivity index (χ0v) is 26.4. The molecule has 254 valence electrons. The van der Waals surface area contributed by atoms with Gasteiger partial charge in [0.15, 0.2) is 0 Å². The van der Waals surface area contributed by atoms with E-state index in [9.17, 15) is 34.2 Å². The monoisotopic (exact) mass is 666 g/mol. The molecule has 0 radical (unpaired) electrons. The minimum absolute atomic E-state index is 0.0159. The van der Waals surface area contributed by atoms with Crippen molar-refractivity contribution in [2.24, 2.45) is 0 Å². The van der Waals surface area contributed by atoms with Crippen LogP contribution in [0.5, 0.6) is 0 Å². The first-order valence-corrected chi connectivity index (χ1v) is 15.2. The third-order valence-electron chi connectivity index (χ3n) is 8.09. The van der Waals surface area contributed by atoms with Crippen LogP contribution in [0.15, 0.2) is 83.2 Å². The second kappa shape index (κ2) is 13.3. The molecule has 4 aliphatic rings. The van der Waals surface area contributed by atoms with Crippen molar-refractivity contribution in [1.29, 1.82) is 0 Å². The molecule has 1 atom stereocenters. The molecule has 1 aliphatic carbocycles. The molecule has 0 amide bonds. The Balaban J connectivity index is 1.32. The second-order valence-electron chi connectivity index (χ2n) is 11.6. The Morgan fingerprint density at radius 1 is 0.833 bits per heavy atom. The van der Waals surface area contributed by atoms with Crippen LogP contribution in [0.1, 0.15) is 64.9 Å². The van der Waals surface area contributed by atoms with Crippen LogP contribution in [0, 0.1) is 0 Å². The summed E-state index contributed by atoms with van der Waals surface area (Å²) in [7, 11) is 0. The van der Waals surface area contributed by atoms with Crippen molar-refractivity contribution >= 4 is 35.4 Å². The standard InChI is InChI=1S/C34H34O14/c1-4-42-25(35)14-15-32(3)43-28(38)23(29(39)44-32)12-10-22(21-8-6-5-7-9-21)11-13-24-30(40)47-34(48-31(24)41)18-16-33(17-19-34)45-26(36)20(2)27(37)46-33/h5-13,36,38H,4,14-19H2,1-3H3/b12-10+,22-11-,24-13?. The SMILES string of the molecule is CCOC(=O)CCC1(C)OC(=O)C(/C=C/C(=C/C=C2C(=O)OC3(CCC4(CC3)OC(=O)C(C)=C(O)O4)OC2=O)c2ccccc2)=C(O)O1. The van der Waals surface area contributed by atoms with E-state index in [1.165, 1.54) is 38.2 Å². The average molecular weight is 667 g/mol. The molecule has 5 rings (SSSR count). The lowest BCUT2D eigenvalue weighted by Gasteiger charge is -2.46. The number of ether oxygens (including phenoxy) is 7. The summed E-state index contributed by atoms with van der Waals surface area (Å²) in [5, 5.41) is 20.6. The maximum atomic E-state index is 13.1. The first-order valence-electron chi connectivity index (χ1n) is 15.2. The van der Waals surface area contributed by atoms with E-state index in [0.29, 0.717) is 11.1 Å². The Bertz CT molecular complexity index is 1650. The molecule has 48 heavy (non-hydrogen) atoms. The van der Waals surface area contributed by atoms with Crippen LogP contribution in [0.4, 0.5) is 0 Å². The van der Waals surface area contributed by atoms with E-state index in [1.807, 2.05) is 0 Å². The molecule has 2 N–H and O–H groups in total. The van der Waals surface area contributed by atoms with Crippen LogP contribution in [-0.2, 0) is 57.1 Å². The minimum atomic E-state index is -1.61. The molecule has 1 saturated heterocycles. The van der Waals surface area contributed by atoms with Gasteiger partial charge < -0.3 is 43.4 Å². The fraction of sp³-hybridized carbons (Fsp3) is 0.382. The lowest BCUT2D eigenvalue weighted by atomic mass is 9.87. The summed E-state index contributed by atoms with van der Waals surface area (Å²) in [4.78, 5) is 62.9. The van der Waals surface area contributed by atoms with Gasteiger partial charge in [-0.1, -0.05) is 42.5 Å². The van der Waals surface area contributed by atoms with Crippen molar-refractivity contribution in [2.75, 3.05) is 6.61 Å². The number of benzene rings is 1. The van der Waals surface area contributed by atoms with E-state index < -0.39 is 64.7 Å². The molecular weight excluding hydrogens is 632 g/mol. The molecule has 1 unspecified atom stereocenters. The Labute approximate surface area is 274 Å². The van der Waals surface area contributed by atoms with Crippen LogP contribution in [0.3, 0.4) is 0 Å². The fourth-order valence-corrected chi connectivity index (χ4v) is 5.36. The number of hydrogen-bond acceptors (Lipinski definition) is 14. The molecule has 2 spiro atoms. The quantitative estimate of drug-likeness (QED) is 0.131. The molecule has 1 aromatic carbocycles. The number of esters is 5. The van der Waals surface area contributed by atoms with Gasteiger partial charge in [-0.05, 0) is 37.1 Å². The maximum absolute atomic E-state index is 13.1. The van der Waals surface area contributed by atoms with E-state index in [4.69, 9.17) is 33.2 Å². The lowest BCUT2D eigenvalue weighted by Crippen LogP contribution is -2.54. The minimum Gasteiger partial charge on any atom is -0.481 e. The van der Waals surface area contributed by atoms with Crippen molar-refractivity contribution in [2.45, 2.75) is 76.7 Å². The highest BCUT2D eigenvalue weighted by Crippen LogP contribution is 2.45. The van der Waals surface area contributed by atoms with E-state index in [-0.39, 0.29) is 56.3 Å². The number of rotatable bonds is 8. The van der Waals surface area contributed by atoms with Gasteiger partial charge in [-0.2, -0.15) is 0 Å². The number of hydrogen-bond donors (Lipinski definition) is 2. The summed E-state index contributed by atoms with van der Waals surface area (Å²) in [5.74, 6) is -9.99. The molecule has 1 saturated carbocycles. The van der Waals surface area contributed by atoms with Gasteiger partial charge in [-0.15, -0.1) is 0 Å². The molecule has 1 aromatic rings. The highest BCUT2D eigenvalue weighted by atomic mass is 16.8. The van der Waals surface area contributed by atoms with E-state index >= 15 is 0 Å². The Hall–Kier alpha value is -5.53. The first kappa shape index (κ1) is 33.8. The largest absolute Gasteiger partial charge is 0.481 e. The van der Waals surface area contributed by atoms with Crippen molar-refractivity contribution in [1.82, 2.24) is 0 Å². The average Bonchev–Trinajstić information content (AvgIpc) is 3.03. The van der Waals surface area contributed by atoms with Gasteiger partial charge in [0.2, 0.25) is 0 Å². The summed E-state index contributed by atoms with van der Waals surface area (Å²) in [6.07, 6.45) is 5.04. The van der Waals surface area contributed by atoms with Crippen LogP contribution in [0.2, 0.25) is 0 Å². The Morgan fingerprint density at radius 2 is 1.44 bits per heavy atom. The molecule has 2 fully saturated rings. The predicted octanol–water partition coefficient (Wildman–Crippen LogP) is 4.38. The summed E-state index contributed by atoms with van der Waals surface area (Å²) < 4.78 is 37.7. The van der Waals surface area contributed by atoms with Gasteiger partial charge in [-0.3, -0.25) is 4.79 Å². The van der Waals surface area contributed by atoms with Crippen LogP contribution < -0.4 is 0 Å². The highest BCUT2D eigenvalue weighted by molar-refractivity contribution is 6.15. The smallest absolute Gasteiger partial charge is 0.348 e. The third kappa shape index (κ3) is 7.22. The molecule has 0 bridgehead atoms. The first-order chi connectivity index (χ1) is 22.8. The maximum Gasteiger partial charge on any atom is 0.348 e. The zero-order valence-electron chi connectivity index (χ0n) is 26.4. The summed E-state index contributed by atoms with van der Waals surface area (Å²) in [6.45, 7) is 4.61. The molecule has 14 nitrogen and oxygen atoms in total. The van der Waals surface area contributed by atoms with Crippen molar-refractivity contribution < 1.29 is 67.3 Å². The Morgan fingerprint density at radius 3 is 2.02 bits per heavy atom. The van der Waals surface area contributed by atoms with Gasteiger partial charge in [-0.25, -0.2) is 19.2 Å². The predicted molar refractivity (Wildman–Crippen MR) is 161 cm³/mol. The van der Waals surface area contributed by atoms with E-state index in [0.717, 1.165) is 0 Å². The summed E-state index contributed by atoms with van der Waals surface area (Å²) >= 11 is 0. The summed E-state index contributed by atoms with van der Waals surface area (Å²) in [5.41, 5.74) is 0.246. The summed E-state index contributed by atoms with van der Waals surface area (Å²) in [6, 6.07) is 8.76. The van der Waals surface area contributed by atoms with Gasteiger partial charge >= 0.3 is 29.8 Å². The number of allylic oxidation sites excluding steroid dienone is 4. The lowest BCUT2D eigenvalue weighted by molar-refractivity contribution is -0.297.